The fourth-order valence-electron chi connectivity index (χ4n) is 3.04. The van der Waals surface area contributed by atoms with Crippen molar-refractivity contribution in [2.45, 2.75) is 35.8 Å². The Bertz CT molecular complexity index is 781. The molecule has 0 radical (unpaired) electrons. The zero-order valence-electron chi connectivity index (χ0n) is 13.3. The van der Waals surface area contributed by atoms with E-state index in [0.29, 0.717) is 17.5 Å². The number of rotatable bonds is 3. The third-order valence-electron chi connectivity index (χ3n) is 4.20. The summed E-state index contributed by atoms with van der Waals surface area (Å²) in [7, 11) is -2.60. The highest BCUT2D eigenvalue weighted by atomic mass is 32.2. The smallest absolute Gasteiger partial charge is 0.0810 e. The summed E-state index contributed by atoms with van der Waals surface area (Å²) in [6, 6.07) is 17.7. The highest BCUT2D eigenvalue weighted by molar-refractivity contribution is 7.95. The van der Waals surface area contributed by atoms with E-state index in [1.54, 1.807) is 6.07 Å². The van der Waals surface area contributed by atoms with Crippen molar-refractivity contribution < 1.29 is 5.58 Å². The molecule has 1 heterocycles. The maximum atomic E-state index is 13.8. The molecule has 2 nitrogen and oxygen atoms in total. The van der Waals surface area contributed by atoms with Crippen LogP contribution < -0.4 is 0 Å². The van der Waals surface area contributed by atoms with Gasteiger partial charge in [0.2, 0.25) is 0 Å². The van der Waals surface area contributed by atoms with E-state index in [4.69, 9.17) is 1.37 Å². The largest absolute Gasteiger partial charge is 0.244 e. The average molecular weight is 300 g/mol. The van der Waals surface area contributed by atoms with E-state index in [-0.39, 0.29) is 0 Å². The molecule has 21 heavy (non-hydrogen) atoms. The molecule has 1 aliphatic heterocycles. The van der Waals surface area contributed by atoms with Crippen LogP contribution in [-0.4, -0.2) is 15.5 Å². The Hall–Kier alpha value is -1.61. The molecular formula is C18H21NOS. The van der Waals surface area contributed by atoms with E-state index in [9.17, 15) is 4.21 Å². The minimum Gasteiger partial charge on any atom is -0.244 e. The molecule has 0 bridgehead atoms. The van der Waals surface area contributed by atoms with Crippen LogP contribution in [0.25, 0.3) is 0 Å². The monoisotopic (exact) mass is 300 g/mol. The zero-order chi connectivity index (χ0) is 15.6. The van der Waals surface area contributed by atoms with Crippen molar-refractivity contribution >= 4 is 9.73 Å². The van der Waals surface area contributed by atoms with Gasteiger partial charge in [0.1, 0.15) is 0 Å². The summed E-state index contributed by atoms with van der Waals surface area (Å²) < 4.78 is 26.1. The second-order valence-electron chi connectivity index (χ2n) is 5.82. The molecule has 110 valence electrons. The van der Waals surface area contributed by atoms with Crippen LogP contribution in [0.4, 0.5) is 0 Å². The van der Waals surface area contributed by atoms with Gasteiger partial charge in [-0.1, -0.05) is 48.5 Å². The zero-order valence-corrected chi connectivity index (χ0v) is 13.1. The minimum absolute atomic E-state index is 0.331. The fraction of sp³-hybridized carbons (Fsp3) is 0.333. The minimum atomic E-state index is -2.60. The molecule has 0 saturated carbocycles. The van der Waals surface area contributed by atoms with Gasteiger partial charge in [0, 0.05) is 11.4 Å². The molecule has 2 aromatic carbocycles. The highest BCUT2D eigenvalue weighted by Crippen LogP contribution is 2.37. The second kappa shape index (κ2) is 5.64. The van der Waals surface area contributed by atoms with Crippen molar-refractivity contribution in [1.29, 1.82) is 0 Å². The Kier molecular flexibility index (Phi) is 3.52. The van der Waals surface area contributed by atoms with Crippen molar-refractivity contribution in [2.24, 2.45) is 4.36 Å². The van der Waals surface area contributed by atoms with Crippen LogP contribution in [0.15, 0.2) is 69.9 Å². The Morgan fingerprint density at radius 1 is 1.19 bits per heavy atom. The van der Waals surface area contributed by atoms with Gasteiger partial charge in [-0.25, -0.2) is 8.57 Å². The maximum absolute atomic E-state index is 13.8. The lowest BCUT2D eigenvalue weighted by Gasteiger charge is -2.36. The average Bonchev–Trinajstić information content (AvgIpc) is 2.52. The molecule has 0 N–H and O–H groups in total. The van der Waals surface area contributed by atoms with Gasteiger partial charge in [0.05, 0.1) is 15.8 Å². The van der Waals surface area contributed by atoms with Crippen LogP contribution >= 0.6 is 0 Å². The number of hydrogen-bond donors (Lipinski definition) is 0. The van der Waals surface area contributed by atoms with Gasteiger partial charge in [0.15, 0.2) is 0 Å². The molecule has 2 aromatic rings. The van der Waals surface area contributed by atoms with E-state index in [2.05, 4.69) is 23.4 Å². The topological polar surface area (TPSA) is 29.4 Å². The van der Waals surface area contributed by atoms with Crippen LogP contribution in [0.2, 0.25) is 0 Å². The van der Waals surface area contributed by atoms with Gasteiger partial charge >= 0.3 is 0 Å². The van der Waals surface area contributed by atoms with Crippen LogP contribution in [0.1, 0.15) is 26.7 Å². The van der Waals surface area contributed by atoms with Gasteiger partial charge in [-0.3, -0.25) is 0 Å². The van der Waals surface area contributed by atoms with Crippen molar-refractivity contribution in [2.75, 3.05) is 6.54 Å². The van der Waals surface area contributed by atoms with Crippen LogP contribution in [0.3, 0.4) is 0 Å². The molecule has 1 aliphatic rings. The Balaban J connectivity index is 2.10. The molecule has 0 aliphatic carbocycles. The molecule has 0 saturated heterocycles. The van der Waals surface area contributed by atoms with Crippen molar-refractivity contribution in [3.05, 3.63) is 66.2 Å². The molecule has 0 spiro atoms. The lowest BCUT2D eigenvalue weighted by atomic mass is 9.95. The molecule has 0 fully saturated rings. The van der Waals surface area contributed by atoms with E-state index in [1.165, 1.54) is 5.56 Å². The Labute approximate surface area is 128 Å². The summed E-state index contributed by atoms with van der Waals surface area (Å²) >= 11 is 0. The molecule has 2 atom stereocenters. The third kappa shape index (κ3) is 2.62. The van der Waals surface area contributed by atoms with Crippen molar-refractivity contribution in [1.82, 2.24) is 0 Å². The second-order valence-corrected chi connectivity index (χ2v) is 8.56. The first-order valence-corrected chi connectivity index (χ1v) is 8.89. The van der Waals surface area contributed by atoms with Gasteiger partial charge in [-0.2, -0.15) is 0 Å². The molecule has 0 aromatic heterocycles. The Morgan fingerprint density at radius 2 is 1.90 bits per heavy atom. The Morgan fingerprint density at radius 3 is 2.67 bits per heavy atom. The van der Waals surface area contributed by atoms with E-state index >= 15 is 0 Å². The van der Waals surface area contributed by atoms with E-state index in [1.807, 2.05) is 36.4 Å². The summed E-state index contributed by atoms with van der Waals surface area (Å²) in [5.74, 6) is 0. The van der Waals surface area contributed by atoms with Crippen molar-refractivity contribution in [3.63, 3.8) is 0 Å². The summed E-state index contributed by atoms with van der Waals surface area (Å²) in [4.78, 5) is 0.591. The lowest BCUT2D eigenvalue weighted by Crippen LogP contribution is -2.40. The van der Waals surface area contributed by atoms with Gasteiger partial charge < -0.3 is 0 Å². The number of benzene rings is 2. The SMILES string of the molecule is [2H]c1ccccc1[S@]1(=O)=NCCC[C@]1(C)Cc1ccccc1. The van der Waals surface area contributed by atoms with E-state index in [0.717, 1.165) is 19.3 Å². The first-order chi connectivity index (χ1) is 10.6. The predicted octanol–water partition coefficient (Wildman–Crippen LogP) is 4.31. The maximum Gasteiger partial charge on any atom is 0.0810 e. The predicted molar refractivity (Wildman–Crippen MR) is 87.9 cm³/mol. The van der Waals surface area contributed by atoms with Crippen LogP contribution in [-0.2, 0) is 16.1 Å². The van der Waals surface area contributed by atoms with Gasteiger partial charge in [-0.05, 0) is 43.9 Å². The molecule has 3 heteroatoms. The summed E-state index contributed by atoms with van der Waals surface area (Å²) in [5.41, 5.74) is 1.18. The quantitative estimate of drug-likeness (QED) is 0.830. The summed E-state index contributed by atoms with van der Waals surface area (Å²) in [6.45, 7) is 2.69. The third-order valence-corrected chi connectivity index (χ3v) is 7.28. The fourth-order valence-corrected chi connectivity index (χ4v) is 5.68. The molecule has 0 amide bonds. The van der Waals surface area contributed by atoms with E-state index < -0.39 is 14.5 Å². The lowest BCUT2D eigenvalue weighted by molar-refractivity contribution is 0.509. The normalized spacial score (nSPS) is 29.5. The molecule has 3 rings (SSSR count). The molecular weight excluding hydrogens is 278 g/mol. The standard InChI is InChI=1S/C18H21NOS/c1-18(15-16-9-4-2-5-10-16)13-8-14-19-21(18,20)17-11-6-3-7-12-17/h2-7,9-12H,8,13-15H2,1H3/t18-,21-/m1/s1/i11D. The molecule has 0 unspecified atom stereocenters. The van der Waals surface area contributed by atoms with Crippen molar-refractivity contribution in [3.8, 4) is 0 Å². The van der Waals surface area contributed by atoms with Gasteiger partial charge in [0.25, 0.3) is 0 Å². The number of hydrogen-bond acceptors (Lipinski definition) is 2. The summed E-state index contributed by atoms with van der Waals surface area (Å²) in [6.07, 6.45) is 2.56. The van der Waals surface area contributed by atoms with Crippen LogP contribution in [0, 0.1) is 0 Å². The first kappa shape index (κ1) is 13.1. The first-order valence-electron chi connectivity index (χ1n) is 7.87. The van der Waals surface area contributed by atoms with Crippen LogP contribution in [0.5, 0.6) is 0 Å². The summed E-state index contributed by atoms with van der Waals surface area (Å²) in [5, 5.41) is 0. The number of nitrogens with zero attached hydrogens (tertiary/aromatic N) is 1. The highest BCUT2D eigenvalue weighted by Gasteiger charge is 2.39. The van der Waals surface area contributed by atoms with Gasteiger partial charge in [-0.15, -0.1) is 0 Å².